The number of amides is 4. The molecule has 76 heavy (non-hydrogen) atoms. The van der Waals surface area contributed by atoms with Gasteiger partial charge in [-0.05, 0) is 13.0 Å². The van der Waals surface area contributed by atoms with Crippen LogP contribution in [0, 0.1) is 47.5 Å². The largest absolute Gasteiger partial charge is 0.461 e. The van der Waals surface area contributed by atoms with Gasteiger partial charge in [-0.3, -0.25) is 28.8 Å². The van der Waals surface area contributed by atoms with Gasteiger partial charge in [-0.25, -0.2) is 0 Å². The molecule has 4 amide bonds. The van der Waals surface area contributed by atoms with Gasteiger partial charge in [0.1, 0.15) is 19.0 Å². The monoisotopic (exact) mass is 1230 g/mol. The number of quaternary nitrogens is 4. The SMILES string of the molecule is C.C.CC(=O)C[C@@H](CS)C(=O)NCC[N+](C)(C)C.C[N+](C)(C)CCNC(=O)[C@@H](N)CS.C[N+](C)(C)CCNC(=O)[C@H](CS)CC(=O)CO.C[N+](C)(C)CCNC(=O)[C@H](CS)CC(=O)OCc1ccccc1Br.[CH3-].[CH3-].[CH3-].[CH3-]. The molecule has 0 aromatic heterocycles. The number of aliphatic hydroxyl groups is 1. The lowest BCUT2D eigenvalue weighted by Crippen LogP contribution is -2.47. The van der Waals surface area contributed by atoms with Crippen LogP contribution in [0.15, 0.2) is 28.7 Å². The van der Waals surface area contributed by atoms with Crippen molar-refractivity contribution in [2.24, 2.45) is 23.5 Å². The summed E-state index contributed by atoms with van der Waals surface area (Å²) >= 11 is 19.7. The number of nitrogens with zero attached hydrogens (tertiary/aromatic N) is 4. The van der Waals surface area contributed by atoms with Crippen molar-refractivity contribution < 1.29 is 61.3 Å². The Kier molecular flexibility index (Phi) is 60.6. The Morgan fingerprint density at radius 1 is 0.553 bits per heavy atom. The highest BCUT2D eigenvalue weighted by Gasteiger charge is 2.23. The molecular weight excluding hydrogens is 1110 g/mol. The van der Waals surface area contributed by atoms with Gasteiger partial charge in [-0.2, -0.15) is 50.5 Å². The third kappa shape index (κ3) is 56.3. The molecule has 0 bridgehead atoms. The Morgan fingerprint density at radius 3 is 1.16 bits per heavy atom. The number of aliphatic hydroxyl groups excluding tert-OH is 1. The highest BCUT2D eigenvalue weighted by atomic mass is 79.9. The zero-order chi connectivity index (χ0) is 54.9. The van der Waals surface area contributed by atoms with Crippen molar-refractivity contribution in [2.45, 2.75) is 53.7 Å². The Morgan fingerprint density at radius 2 is 0.868 bits per heavy atom. The number of carbonyl (C=O) groups excluding carboxylic acids is 7. The van der Waals surface area contributed by atoms with Crippen LogP contribution in [0.4, 0.5) is 0 Å². The molecule has 0 saturated heterocycles. The number of hydrogen-bond donors (Lipinski definition) is 10. The van der Waals surface area contributed by atoms with Crippen molar-refractivity contribution in [1.29, 1.82) is 0 Å². The van der Waals surface area contributed by atoms with Crippen LogP contribution < -0.4 is 27.0 Å². The second-order valence-corrected chi connectivity index (χ2v) is 23.2. The lowest BCUT2D eigenvalue weighted by Gasteiger charge is -2.24. The topological polar surface area (TPSA) is 223 Å². The Balaban J connectivity index is -0.000000112. The van der Waals surface area contributed by atoms with Crippen LogP contribution in [0.3, 0.4) is 0 Å². The van der Waals surface area contributed by atoms with Gasteiger partial charge in [-0.15, -0.1) is 0 Å². The van der Waals surface area contributed by atoms with Gasteiger partial charge in [0.15, 0.2) is 5.78 Å². The Bertz CT molecular complexity index is 1710. The highest BCUT2D eigenvalue weighted by Crippen LogP contribution is 2.18. The number of ketones is 2. The van der Waals surface area contributed by atoms with Gasteiger partial charge < -0.3 is 89.3 Å². The molecule has 7 N–H and O–H groups in total. The van der Waals surface area contributed by atoms with Crippen LogP contribution in [0.2, 0.25) is 0 Å². The molecular formula is C53H112BrN9O9S4. The van der Waals surface area contributed by atoms with Gasteiger partial charge in [-0.1, -0.05) is 49.0 Å². The fraction of sp³-hybridized carbons (Fsp3) is 0.679. The van der Waals surface area contributed by atoms with Crippen molar-refractivity contribution in [3.05, 3.63) is 64.0 Å². The van der Waals surface area contributed by atoms with E-state index in [4.69, 9.17) is 15.6 Å². The summed E-state index contributed by atoms with van der Waals surface area (Å²) in [6.07, 6.45) is 0.361. The van der Waals surface area contributed by atoms with Crippen molar-refractivity contribution in [3.63, 3.8) is 0 Å². The zero-order valence-corrected chi connectivity index (χ0v) is 53.5. The molecule has 0 radical (unpaired) electrons. The van der Waals surface area contributed by atoms with Crippen LogP contribution in [0.1, 0.15) is 46.6 Å². The molecule has 0 unspecified atom stereocenters. The summed E-state index contributed by atoms with van der Waals surface area (Å²) < 4.78 is 9.32. The summed E-state index contributed by atoms with van der Waals surface area (Å²) in [5, 5.41) is 19.9. The smallest absolute Gasteiger partial charge is 0.306 e. The third-order valence-electron chi connectivity index (χ3n) is 9.58. The summed E-state index contributed by atoms with van der Waals surface area (Å²) in [5.74, 6) is -1.04. The quantitative estimate of drug-likeness (QED) is 0.0240. The molecule has 1 aromatic carbocycles. The van der Waals surface area contributed by atoms with E-state index in [9.17, 15) is 33.6 Å². The minimum Gasteiger partial charge on any atom is -0.461 e. The summed E-state index contributed by atoms with van der Waals surface area (Å²) in [6.45, 7) is 6.98. The van der Waals surface area contributed by atoms with E-state index in [-0.39, 0.29) is 112 Å². The highest BCUT2D eigenvalue weighted by molar-refractivity contribution is 9.10. The first-order valence-corrected chi connectivity index (χ1v) is 26.5. The predicted molar refractivity (Wildman–Crippen MR) is 337 cm³/mol. The maximum atomic E-state index is 12.1. The van der Waals surface area contributed by atoms with Gasteiger partial charge in [0.25, 0.3) is 0 Å². The van der Waals surface area contributed by atoms with Crippen LogP contribution in [0.5, 0.6) is 0 Å². The van der Waals surface area contributed by atoms with Gasteiger partial charge in [0, 0.05) is 45.9 Å². The van der Waals surface area contributed by atoms with Gasteiger partial charge >= 0.3 is 5.97 Å². The zero-order valence-electron chi connectivity index (χ0n) is 48.4. The number of halogens is 1. The first-order chi connectivity index (χ1) is 32.1. The fourth-order valence-electron chi connectivity index (χ4n) is 5.15. The van der Waals surface area contributed by atoms with Crippen molar-refractivity contribution >= 4 is 108 Å². The number of hydrogen-bond acceptors (Lipinski definition) is 14. The van der Waals surface area contributed by atoms with Crippen molar-refractivity contribution in [2.75, 3.05) is 167 Å². The molecule has 0 fully saturated rings. The molecule has 0 saturated carbocycles. The minimum atomic E-state index is -0.517. The lowest BCUT2D eigenvalue weighted by atomic mass is 10.0. The molecule has 1 aromatic rings. The first-order valence-electron chi connectivity index (χ1n) is 23.2. The number of rotatable bonds is 29. The normalized spacial score (nSPS) is 12.1. The lowest BCUT2D eigenvalue weighted by molar-refractivity contribution is -0.869. The average Bonchev–Trinajstić information content (AvgIpc) is 3.24. The van der Waals surface area contributed by atoms with Crippen LogP contribution >= 0.6 is 66.4 Å². The molecule has 454 valence electrons. The summed E-state index contributed by atoms with van der Waals surface area (Å²) in [4.78, 5) is 80.7. The number of likely N-dealkylation sites (N-methyl/N-ethyl adjacent to an activating group) is 4. The number of thiol groups is 4. The van der Waals surface area contributed by atoms with E-state index in [2.05, 4.69) is 151 Å². The third-order valence-corrected chi connectivity index (χ3v) is 12.1. The first kappa shape index (κ1) is 92.9. The molecule has 1 rings (SSSR count). The Hall–Kier alpha value is -2.45. The molecule has 0 spiro atoms. The fourth-order valence-corrected chi connectivity index (χ4v) is 6.60. The molecule has 0 aliphatic rings. The average molecular weight is 1230 g/mol. The molecule has 0 aliphatic carbocycles. The van der Waals surface area contributed by atoms with Crippen LogP contribution in [-0.4, -0.2) is 237 Å². The molecule has 0 aliphatic heterocycles. The predicted octanol–water partition coefficient (Wildman–Crippen LogP) is 4.03. The molecule has 4 atom stereocenters. The van der Waals surface area contributed by atoms with E-state index < -0.39 is 30.5 Å². The van der Waals surface area contributed by atoms with Crippen molar-refractivity contribution in [3.8, 4) is 0 Å². The van der Waals surface area contributed by atoms with Crippen LogP contribution in [0.25, 0.3) is 0 Å². The van der Waals surface area contributed by atoms with E-state index in [0.29, 0.717) is 49.2 Å². The summed E-state index contributed by atoms with van der Waals surface area (Å²) in [6, 6.07) is 7.06. The minimum absolute atomic E-state index is 0. The van der Waals surface area contributed by atoms with E-state index in [1.54, 1.807) is 0 Å². The van der Waals surface area contributed by atoms with Gasteiger partial charge in [0.2, 0.25) is 23.6 Å². The van der Waals surface area contributed by atoms with E-state index in [1.165, 1.54) is 6.92 Å². The second-order valence-electron chi connectivity index (χ2n) is 20.9. The van der Waals surface area contributed by atoms with Crippen LogP contribution in [-0.2, 0) is 44.9 Å². The maximum absolute atomic E-state index is 12.1. The van der Waals surface area contributed by atoms with Gasteiger partial charge in [0.05, 0.1) is 167 Å². The molecule has 23 heteroatoms. The number of nitrogens with two attached hydrogens (primary N) is 1. The number of Topliss-reactive ketones (excluding diaryl/α,β-unsaturated/α-hetero) is 2. The summed E-state index contributed by atoms with van der Waals surface area (Å²) in [5.41, 5.74) is 6.36. The number of carbonyl (C=O) groups is 7. The number of benzene rings is 1. The Labute approximate surface area is 495 Å². The van der Waals surface area contributed by atoms with E-state index >= 15 is 0 Å². The van der Waals surface area contributed by atoms with Crippen molar-refractivity contribution in [1.82, 2.24) is 21.3 Å². The van der Waals surface area contributed by atoms with E-state index in [0.717, 1.165) is 54.1 Å². The van der Waals surface area contributed by atoms with E-state index in [1.807, 2.05) is 45.4 Å². The maximum Gasteiger partial charge on any atom is 0.306 e. The summed E-state index contributed by atoms with van der Waals surface area (Å²) in [7, 11) is 24.7. The number of esters is 1. The molecule has 18 nitrogen and oxygen atoms in total. The number of nitrogens with one attached hydrogen (secondary N) is 4. The molecule has 0 heterocycles. The second kappa shape index (κ2) is 49.6. The standard InChI is InChI=1S/C17H25BrN2O3S.C11H22N2O3S.C11H22N2O2S.C8H19N3OS.2CH4.4CH3/c1-20(2,3)9-8-19-17(22)14(12-24)10-16(21)23-11-13-6-4-5-7-15(13)18;1-13(2,3)5-4-12-11(16)9(8-17)6-10(15)7-14;1-9(14)7-10(8-16)11(15)12-5-6-13(2,3)4;1-11(2,3)5-4-10-8(12)7(9)6-13;;;;;;/h4-7,14H,8-12H2,1-3H3,(H-,19,22,24);9,14H,4-8H2,1-3H3,(H-,12,16,17);10H,5-8H2,1-4H3,(H-,12,15,16);7H,4-6,9H2,1-3H3,(H-,10,12,13);2*1H4;4*1H3/q;;;;;;4*-1/p+4/t14-;9-;10-;7-;;;;;;/m0000....../s1. The number of ether oxygens (including phenoxy) is 1.